The number of hydrogen-bond acceptors (Lipinski definition) is 5. The van der Waals surface area contributed by atoms with Crippen molar-refractivity contribution in [3.63, 3.8) is 0 Å². The normalized spacial score (nSPS) is 16.7. The van der Waals surface area contributed by atoms with E-state index in [1.807, 2.05) is 30.3 Å². The molecule has 2 aromatic rings. The van der Waals surface area contributed by atoms with E-state index in [1.165, 1.54) is 5.01 Å². The van der Waals surface area contributed by atoms with Gasteiger partial charge < -0.3 is 14.2 Å². The van der Waals surface area contributed by atoms with Crippen LogP contribution in [0.2, 0.25) is 0 Å². The van der Waals surface area contributed by atoms with Crippen molar-refractivity contribution >= 4 is 12.1 Å². The molecule has 1 aliphatic heterocycles. The lowest BCUT2D eigenvalue weighted by molar-refractivity contribution is -0.146. The van der Waals surface area contributed by atoms with Crippen LogP contribution in [-0.4, -0.2) is 38.5 Å². The second-order valence-corrected chi connectivity index (χ2v) is 5.56. The molecule has 6 heteroatoms. The lowest BCUT2D eigenvalue weighted by Gasteiger charge is -2.36. The van der Waals surface area contributed by atoms with Crippen molar-refractivity contribution in [1.29, 1.82) is 0 Å². The molecule has 1 atom stereocenters. The summed E-state index contributed by atoms with van der Waals surface area (Å²) < 4.78 is 16.0. The molecule has 0 saturated carbocycles. The van der Waals surface area contributed by atoms with Crippen LogP contribution in [0.1, 0.15) is 23.6 Å². The Labute approximate surface area is 146 Å². The van der Waals surface area contributed by atoms with E-state index in [2.05, 4.69) is 5.10 Å². The number of ether oxygens (including phenoxy) is 3. The zero-order valence-electron chi connectivity index (χ0n) is 14.4. The van der Waals surface area contributed by atoms with Crippen LogP contribution in [0.25, 0.3) is 0 Å². The number of nitrogens with zero attached hydrogens (tertiary/aromatic N) is 2. The SMILES string of the molecule is COc1cc(OC)c(OC)cc1/C=N/N1C(=O)CC1c1ccccc1. The Morgan fingerprint density at radius 1 is 1.00 bits per heavy atom. The van der Waals surface area contributed by atoms with Gasteiger partial charge in [0.2, 0.25) is 5.91 Å². The van der Waals surface area contributed by atoms with Gasteiger partial charge in [-0.05, 0) is 11.6 Å². The Bertz CT molecular complexity index is 790. The van der Waals surface area contributed by atoms with Crippen LogP contribution in [-0.2, 0) is 4.79 Å². The molecule has 1 fully saturated rings. The van der Waals surface area contributed by atoms with Crippen molar-refractivity contribution < 1.29 is 19.0 Å². The van der Waals surface area contributed by atoms with Crippen molar-refractivity contribution in [2.75, 3.05) is 21.3 Å². The van der Waals surface area contributed by atoms with Gasteiger partial charge in [0.05, 0.1) is 40.0 Å². The smallest absolute Gasteiger partial charge is 0.245 e. The second kappa shape index (κ2) is 7.25. The van der Waals surface area contributed by atoms with Crippen molar-refractivity contribution in [3.8, 4) is 17.2 Å². The molecule has 2 aromatic carbocycles. The number of benzene rings is 2. The molecule has 0 radical (unpaired) electrons. The monoisotopic (exact) mass is 340 g/mol. The average molecular weight is 340 g/mol. The fraction of sp³-hybridized carbons (Fsp3) is 0.263. The van der Waals surface area contributed by atoms with E-state index in [0.717, 1.165) is 5.56 Å². The van der Waals surface area contributed by atoms with E-state index in [-0.39, 0.29) is 11.9 Å². The zero-order valence-corrected chi connectivity index (χ0v) is 14.4. The quantitative estimate of drug-likeness (QED) is 0.599. The Hall–Kier alpha value is -3.02. The summed E-state index contributed by atoms with van der Waals surface area (Å²) in [7, 11) is 4.70. The van der Waals surface area contributed by atoms with E-state index in [0.29, 0.717) is 29.2 Å². The van der Waals surface area contributed by atoms with Gasteiger partial charge in [-0.3, -0.25) is 4.79 Å². The number of carbonyl (C=O) groups excluding carboxylic acids is 1. The third-order valence-corrected chi connectivity index (χ3v) is 4.16. The van der Waals surface area contributed by atoms with Crippen LogP contribution in [0.4, 0.5) is 0 Å². The first-order valence-corrected chi connectivity index (χ1v) is 7.89. The van der Waals surface area contributed by atoms with E-state index in [4.69, 9.17) is 14.2 Å². The highest BCUT2D eigenvalue weighted by Crippen LogP contribution is 2.36. The molecule has 0 spiro atoms. The number of rotatable bonds is 6. The van der Waals surface area contributed by atoms with Gasteiger partial charge in [-0.25, -0.2) is 5.01 Å². The Balaban J connectivity index is 1.87. The summed E-state index contributed by atoms with van der Waals surface area (Å²) in [6.07, 6.45) is 2.07. The minimum atomic E-state index is -0.0314. The van der Waals surface area contributed by atoms with Crippen molar-refractivity contribution in [1.82, 2.24) is 5.01 Å². The average Bonchev–Trinajstić information content (AvgIpc) is 2.66. The topological polar surface area (TPSA) is 60.4 Å². The lowest BCUT2D eigenvalue weighted by Crippen LogP contribution is -2.42. The number of β-lactam (4-membered cyclic amide) rings is 1. The molecule has 25 heavy (non-hydrogen) atoms. The summed E-state index contributed by atoms with van der Waals surface area (Å²) in [6.45, 7) is 0. The van der Waals surface area contributed by atoms with Crippen molar-refractivity contribution in [3.05, 3.63) is 53.6 Å². The third kappa shape index (κ3) is 3.28. The van der Waals surface area contributed by atoms with Gasteiger partial charge in [0, 0.05) is 11.6 Å². The number of carbonyl (C=O) groups is 1. The number of hydrazone groups is 1. The van der Waals surface area contributed by atoms with Gasteiger partial charge in [-0.1, -0.05) is 30.3 Å². The summed E-state index contributed by atoms with van der Waals surface area (Å²) in [5, 5.41) is 5.85. The van der Waals surface area contributed by atoms with E-state index < -0.39 is 0 Å². The highest BCUT2D eigenvalue weighted by Gasteiger charge is 2.37. The molecule has 1 unspecified atom stereocenters. The van der Waals surface area contributed by atoms with Crippen molar-refractivity contribution in [2.24, 2.45) is 5.10 Å². The number of amides is 1. The molecule has 0 aromatic heterocycles. The van der Waals surface area contributed by atoms with Crippen LogP contribution in [0.15, 0.2) is 47.6 Å². The Kier molecular flexibility index (Phi) is 4.88. The molecule has 3 rings (SSSR count). The van der Waals surface area contributed by atoms with E-state index >= 15 is 0 Å². The molecule has 1 amide bonds. The Morgan fingerprint density at radius 3 is 2.24 bits per heavy atom. The maximum atomic E-state index is 11.9. The highest BCUT2D eigenvalue weighted by molar-refractivity contribution is 5.88. The predicted octanol–water partition coefficient (Wildman–Crippen LogP) is 3.02. The summed E-state index contributed by atoms with van der Waals surface area (Å²) in [6, 6.07) is 13.3. The molecule has 1 saturated heterocycles. The maximum absolute atomic E-state index is 11.9. The second-order valence-electron chi connectivity index (χ2n) is 5.56. The molecule has 0 aliphatic carbocycles. The number of hydrogen-bond donors (Lipinski definition) is 0. The molecular weight excluding hydrogens is 320 g/mol. The Morgan fingerprint density at radius 2 is 1.64 bits per heavy atom. The van der Waals surface area contributed by atoms with E-state index in [9.17, 15) is 4.79 Å². The first kappa shape index (κ1) is 16.8. The van der Waals surface area contributed by atoms with Gasteiger partial charge >= 0.3 is 0 Å². The predicted molar refractivity (Wildman–Crippen MR) is 94.3 cm³/mol. The molecule has 6 nitrogen and oxygen atoms in total. The molecule has 130 valence electrons. The minimum absolute atomic E-state index is 0.00968. The number of methoxy groups -OCH3 is 3. The molecular formula is C19H20N2O4. The van der Waals surface area contributed by atoms with Crippen LogP contribution < -0.4 is 14.2 Å². The first-order chi connectivity index (χ1) is 12.2. The fourth-order valence-electron chi connectivity index (χ4n) is 2.76. The van der Waals surface area contributed by atoms with Crippen LogP contribution >= 0.6 is 0 Å². The van der Waals surface area contributed by atoms with Gasteiger partial charge in [0.1, 0.15) is 5.75 Å². The summed E-state index contributed by atoms with van der Waals surface area (Å²) >= 11 is 0. The van der Waals surface area contributed by atoms with Gasteiger partial charge in [-0.15, -0.1) is 0 Å². The fourth-order valence-corrected chi connectivity index (χ4v) is 2.76. The first-order valence-electron chi connectivity index (χ1n) is 7.89. The zero-order chi connectivity index (χ0) is 17.8. The standard InChI is InChI=1S/C19H20N2O4/c1-23-16-11-18(25-3)17(24-2)9-14(16)12-20-21-15(10-19(21)22)13-7-5-4-6-8-13/h4-9,11-12,15H,10H2,1-3H3/b20-12+. The summed E-state index contributed by atoms with van der Waals surface area (Å²) in [4.78, 5) is 11.9. The summed E-state index contributed by atoms with van der Waals surface area (Å²) in [5.74, 6) is 1.72. The van der Waals surface area contributed by atoms with E-state index in [1.54, 1.807) is 39.7 Å². The van der Waals surface area contributed by atoms with Gasteiger partial charge in [0.15, 0.2) is 11.5 Å². The molecule has 0 bridgehead atoms. The van der Waals surface area contributed by atoms with Gasteiger partial charge in [-0.2, -0.15) is 5.10 Å². The van der Waals surface area contributed by atoms with Crippen LogP contribution in [0.5, 0.6) is 17.2 Å². The lowest BCUT2D eigenvalue weighted by atomic mass is 9.96. The molecule has 0 N–H and O–H groups in total. The van der Waals surface area contributed by atoms with Crippen LogP contribution in [0, 0.1) is 0 Å². The maximum Gasteiger partial charge on any atom is 0.245 e. The minimum Gasteiger partial charge on any atom is -0.496 e. The molecule has 1 aliphatic rings. The van der Waals surface area contributed by atoms with Gasteiger partial charge in [0.25, 0.3) is 0 Å². The van der Waals surface area contributed by atoms with Crippen LogP contribution in [0.3, 0.4) is 0 Å². The largest absolute Gasteiger partial charge is 0.496 e. The third-order valence-electron chi connectivity index (χ3n) is 4.16. The molecule has 1 heterocycles. The highest BCUT2D eigenvalue weighted by atomic mass is 16.5. The van der Waals surface area contributed by atoms with Crippen molar-refractivity contribution in [2.45, 2.75) is 12.5 Å². The summed E-state index contributed by atoms with van der Waals surface area (Å²) in [5.41, 5.74) is 1.77.